The van der Waals surface area contributed by atoms with Crippen molar-refractivity contribution in [2.45, 2.75) is 0 Å². The summed E-state index contributed by atoms with van der Waals surface area (Å²) in [6.07, 6.45) is 3.74. The molecule has 0 aromatic heterocycles. The minimum absolute atomic E-state index is 1.15. The van der Waals surface area contributed by atoms with E-state index < -0.39 is 0 Å². The van der Waals surface area contributed by atoms with Gasteiger partial charge in [0.05, 0.1) is 13.4 Å². The second-order valence-corrected chi connectivity index (χ2v) is 11.6. The van der Waals surface area contributed by atoms with Crippen LogP contribution in [0.4, 0.5) is 0 Å². The zero-order chi connectivity index (χ0) is 30.9. The molecule has 0 aliphatic rings. The average Bonchev–Trinajstić information content (AvgIpc) is 3.14. The third-order valence-electron chi connectivity index (χ3n) is 9.04. The van der Waals surface area contributed by atoms with Crippen molar-refractivity contribution >= 4 is 70.7 Å². The van der Waals surface area contributed by atoms with Crippen LogP contribution in [0.2, 0.25) is 0 Å². The normalized spacial score (nSPS) is 11.5. The summed E-state index contributed by atoms with van der Waals surface area (Å²) in [5.74, 6) is 0. The fourth-order valence-electron chi connectivity index (χ4n) is 6.98. The second kappa shape index (κ2) is 11.9. The Hall–Kier alpha value is -5.92. The van der Waals surface area contributed by atoms with Crippen LogP contribution in [0, 0.1) is 0 Å². The van der Waals surface area contributed by atoms with Crippen molar-refractivity contribution in [2.24, 2.45) is 0 Å². The summed E-state index contributed by atoms with van der Waals surface area (Å²) in [5, 5.41) is 15.8. The van der Waals surface area contributed by atoms with Gasteiger partial charge in [0.15, 0.2) is 0 Å². The lowest BCUT2D eigenvalue weighted by Crippen LogP contribution is -1.87. The van der Waals surface area contributed by atoms with Crippen LogP contribution in [-0.2, 0) is 4.74 Å². The molecular formula is C45H32O. The maximum Gasteiger partial charge on any atom is 0.0830 e. The molecule has 0 heterocycles. The molecule has 9 aromatic rings. The number of fused-ring (bicyclic) bond motifs is 11. The number of rotatable bonds is 3. The summed E-state index contributed by atoms with van der Waals surface area (Å²) < 4.78 is 5.11. The Kier molecular flexibility index (Phi) is 7.13. The molecule has 0 saturated heterocycles. The van der Waals surface area contributed by atoms with Gasteiger partial charge in [-0.05, 0) is 93.5 Å². The first-order valence-corrected chi connectivity index (χ1v) is 15.7. The molecule has 0 N–H and O–H groups in total. The van der Waals surface area contributed by atoms with Crippen LogP contribution < -0.4 is 0 Å². The molecule has 0 fully saturated rings. The minimum atomic E-state index is 1.15. The molecule has 1 nitrogen and oxygen atoms in total. The van der Waals surface area contributed by atoms with Crippen molar-refractivity contribution in [1.82, 2.24) is 0 Å². The van der Waals surface area contributed by atoms with Crippen LogP contribution in [0.5, 0.6) is 0 Å². The third kappa shape index (κ3) is 4.74. The number of benzene rings is 9. The standard InChI is InChI=1S/C23H18O.C22H14/c1-24-15-14-17-8-2-4-10-19(17)23-16-18-9-3-5-11-20(18)21-12-6-7-13-22(21)23;1-2-8-16-15(7-1)13-14-21-19-11-4-3-9-17(19)18-10-5-6-12-20(18)22(16)21/h2-16H,1H3;1-14H. The molecule has 46 heavy (non-hydrogen) atoms. The van der Waals surface area contributed by atoms with Crippen molar-refractivity contribution in [2.75, 3.05) is 7.11 Å². The zero-order valence-electron chi connectivity index (χ0n) is 25.7. The SMILES string of the molecule is COC=Cc1ccccc1-c1cc2ccccc2c2ccccc12.c1ccc2c(c1)ccc1c3ccccc3c3ccccc3c21. The smallest absolute Gasteiger partial charge is 0.0830 e. The van der Waals surface area contributed by atoms with Crippen molar-refractivity contribution in [3.63, 3.8) is 0 Å². The van der Waals surface area contributed by atoms with Crippen molar-refractivity contribution < 1.29 is 4.74 Å². The van der Waals surface area contributed by atoms with Gasteiger partial charge in [0.25, 0.3) is 0 Å². The Bertz CT molecular complexity index is 2530. The van der Waals surface area contributed by atoms with Crippen LogP contribution in [0.1, 0.15) is 5.56 Å². The predicted molar refractivity (Wildman–Crippen MR) is 199 cm³/mol. The predicted octanol–water partition coefficient (Wildman–Crippen LogP) is 12.6. The maximum atomic E-state index is 5.11. The van der Waals surface area contributed by atoms with Gasteiger partial charge in [-0.3, -0.25) is 0 Å². The lowest BCUT2D eigenvalue weighted by Gasteiger charge is -2.13. The molecule has 0 aliphatic carbocycles. The van der Waals surface area contributed by atoms with E-state index in [0.29, 0.717) is 0 Å². The van der Waals surface area contributed by atoms with Gasteiger partial charge in [-0.1, -0.05) is 158 Å². The van der Waals surface area contributed by atoms with Gasteiger partial charge >= 0.3 is 0 Å². The summed E-state index contributed by atoms with van der Waals surface area (Å²) in [4.78, 5) is 0. The molecule has 0 saturated carbocycles. The summed E-state index contributed by atoms with van der Waals surface area (Å²) in [7, 11) is 1.67. The molecule has 0 unspecified atom stereocenters. The van der Waals surface area contributed by atoms with Crippen molar-refractivity contribution in [1.29, 1.82) is 0 Å². The Morgan fingerprint density at radius 3 is 1.54 bits per heavy atom. The van der Waals surface area contributed by atoms with Crippen molar-refractivity contribution in [3.8, 4) is 11.1 Å². The maximum absolute atomic E-state index is 5.11. The fraction of sp³-hybridized carbons (Fsp3) is 0.0222. The molecule has 9 aromatic carbocycles. The number of hydrogen-bond acceptors (Lipinski definition) is 1. The molecule has 218 valence electrons. The number of hydrogen-bond donors (Lipinski definition) is 0. The lowest BCUT2D eigenvalue weighted by molar-refractivity contribution is 0.341. The fourth-order valence-corrected chi connectivity index (χ4v) is 6.98. The molecule has 1 heteroatoms. The largest absolute Gasteiger partial charge is 0.504 e. The summed E-state index contributed by atoms with van der Waals surface area (Å²) in [6, 6.07) is 58.6. The summed E-state index contributed by atoms with van der Waals surface area (Å²) >= 11 is 0. The first kappa shape index (κ1) is 27.6. The quantitative estimate of drug-likeness (QED) is 0.147. The van der Waals surface area contributed by atoms with E-state index in [2.05, 4.69) is 164 Å². The van der Waals surface area contributed by atoms with Crippen LogP contribution in [0.25, 0.3) is 81.8 Å². The molecule has 0 amide bonds. The van der Waals surface area contributed by atoms with E-state index in [1.165, 1.54) is 75.8 Å². The Morgan fingerprint density at radius 2 is 0.848 bits per heavy atom. The highest BCUT2D eigenvalue weighted by molar-refractivity contribution is 6.31. The van der Waals surface area contributed by atoms with Crippen LogP contribution in [0.15, 0.2) is 170 Å². The van der Waals surface area contributed by atoms with E-state index in [4.69, 9.17) is 4.74 Å². The number of methoxy groups -OCH3 is 1. The molecule has 0 spiro atoms. The van der Waals surface area contributed by atoms with Gasteiger partial charge in [0.1, 0.15) is 0 Å². The summed E-state index contributed by atoms with van der Waals surface area (Å²) in [6.45, 7) is 0. The van der Waals surface area contributed by atoms with E-state index in [1.54, 1.807) is 13.4 Å². The van der Waals surface area contributed by atoms with Crippen LogP contribution in [-0.4, -0.2) is 7.11 Å². The summed E-state index contributed by atoms with van der Waals surface area (Å²) in [5.41, 5.74) is 3.62. The van der Waals surface area contributed by atoms with E-state index in [0.717, 1.165) is 5.56 Å². The highest BCUT2D eigenvalue weighted by atomic mass is 16.5. The average molecular weight is 589 g/mol. The topological polar surface area (TPSA) is 9.23 Å². The monoisotopic (exact) mass is 588 g/mol. The lowest BCUT2D eigenvalue weighted by atomic mass is 9.91. The molecule has 9 rings (SSSR count). The minimum Gasteiger partial charge on any atom is -0.504 e. The van der Waals surface area contributed by atoms with Gasteiger partial charge in [-0.25, -0.2) is 0 Å². The Morgan fingerprint density at radius 1 is 0.370 bits per heavy atom. The van der Waals surface area contributed by atoms with E-state index in [9.17, 15) is 0 Å². The molecule has 0 radical (unpaired) electrons. The van der Waals surface area contributed by atoms with E-state index in [1.807, 2.05) is 6.08 Å². The van der Waals surface area contributed by atoms with E-state index >= 15 is 0 Å². The number of ether oxygens (including phenoxy) is 1. The van der Waals surface area contributed by atoms with Crippen LogP contribution >= 0.6 is 0 Å². The van der Waals surface area contributed by atoms with Crippen LogP contribution in [0.3, 0.4) is 0 Å². The molecule has 0 atom stereocenters. The second-order valence-electron chi connectivity index (χ2n) is 11.6. The van der Waals surface area contributed by atoms with Gasteiger partial charge < -0.3 is 4.74 Å². The molecular weight excluding hydrogens is 556 g/mol. The Balaban J connectivity index is 0.000000136. The van der Waals surface area contributed by atoms with Gasteiger partial charge in [-0.15, -0.1) is 0 Å². The third-order valence-corrected chi connectivity index (χ3v) is 9.04. The molecule has 0 aliphatic heterocycles. The molecule has 0 bridgehead atoms. The first-order chi connectivity index (χ1) is 22.8. The first-order valence-electron chi connectivity index (χ1n) is 15.7. The van der Waals surface area contributed by atoms with Gasteiger partial charge in [0.2, 0.25) is 0 Å². The van der Waals surface area contributed by atoms with E-state index in [-0.39, 0.29) is 0 Å². The zero-order valence-corrected chi connectivity index (χ0v) is 25.7. The highest BCUT2D eigenvalue weighted by Gasteiger charge is 2.11. The van der Waals surface area contributed by atoms with Crippen molar-refractivity contribution in [3.05, 3.63) is 176 Å². The van der Waals surface area contributed by atoms with Gasteiger partial charge in [0, 0.05) is 0 Å². The highest BCUT2D eigenvalue weighted by Crippen LogP contribution is 2.39. The van der Waals surface area contributed by atoms with Gasteiger partial charge in [-0.2, -0.15) is 0 Å². The Labute approximate surface area is 268 Å².